The Morgan fingerprint density at radius 2 is 2.15 bits per heavy atom. The second-order valence-corrected chi connectivity index (χ2v) is 5.75. The smallest absolute Gasteiger partial charge is 0.273 e. The molecule has 104 valence electrons. The van der Waals surface area contributed by atoms with E-state index in [1.54, 1.807) is 11.8 Å². The Labute approximate surface area is 121 Å². The zero-order valence-corrected chi connectivity index (χ0v) is 12.1. The van der Waals surface area contributed by atoms with Gasteiger partial charge in [-0.15, -0.1) is 11.3 Å². The maximum atomic E-state index is 12.2. The molecular weight excluding hydrogens is 272 g/mol. The topological polar surface area (TPSA) is 59.0 Å². The number of aryl methyl sites for hydroxylation is 1. The Balaban J connectivity index is 1.65. The van der Waals surface area contributed by atoms with Gasteiger partial charge in [-0.1, -0.05) is 0 Å². The highest BCUT2D eigenvalue weighted by molar-refractivity contribution is 7.07. The molecule has 3 rings (SSSR count). The molecule has 1 amide bonds. The van der Waals surface area contributed by atoms with Crippen LogP contribution in [0.4, 0.5) is 0 Å². The molecule has 0 aliphatic carbocycles. The van der Waals surface area contributed by atoms with Gasteiger partial charge in [-0.25, -0.2) is 15.0 Å². The van der Waals surface area contributed by atoms with Crippen molar-refractivity contribution in [2.45, 2.75) is 25.7 Å². The lowest BCUT2D eigenvalue weighted by molar-refractivity contribution is 0.0707. The third-order valence-corrected chi connectivity index (χ3v) is 4.34. The number of hydrogen-bond acceptors (Lipinski definition) is 5. The van der Waals surface area contributed by atoms with Crippen LogP contribution in [0.15, 0.2) is 23.4 Å². The van der Waals surface area contributed by atoms with Crippen molar-refractivity contribution in [3.63, 3.8) is 0 Å². The van der Waals surface area contributed by atoms with Crippen LogP contribution in [0.3, 0.4) is 0 Å². The van der Waals surface area contributed by atoms with Crippen LogP contribution in [0.25, 0.3) is 0 Å². The van der Waals surface area contributed by atoms with Crippen LogP contribution in [0.1, 0.15) is 40.5 Å². The minimum atomic E-state index is 0.0455. The molecule has 5 nitrogen and oxygen atoms in total. The number of amides is 1. The molecule has 2 aromatic rings. The van der Waals surface area contributed by atoms with Crippen LogP contribution in [-0.2, 0) is 0 Å². The summed E-state index contributed by atoms with van der Waals surface area (Å²) in [6.07, 6.45) is 5.37. The molecule has 3 heterocycles. The van der Waals surface area contributed by atoms with Crippen molar-refractivity contribution in [1.29, 1.82) is 0 Å². The number of nitrogens with zero attached hydrogens (tertiary/aromatic N) is 4. The summed E-state index contributed by atoms with van der Waals surface area (Å²) in [7, 11) is 0. The summed E-state index contributed by atoms with van der Waals surface area (Å²) in [5.41, 5.74) is 4.52. The number of rotatable bonds is 2. The summed E-state index contributed by atoms with van der Waals surface area (Å²) in [4.78, 5) is 26.6. The Morgan fingerprint density at radius 1 is 1.35 bits per heavy atom. The maximum absolute atomic E-state index is 12.2. The van der Waals surface area contributed by atoms with Crippen LogP contribution >= 0.6 is 11.3 Å². The van der Waals surface area contributed by atoms with Gasteiger partial charge in [0.25, 0.3) is 5.91 Å². The largest absolute Gasteiger partial charge is 0.337 e. The molecule has 1 aliphatic heterocycles. The van der Waals surface area contributed by atoms with E-state index in [4.69, 9.17) is 0 Å². The van der Waals surface area contributed by atoms with Crippen LogP contribution in [0.5, 0.6) is 0 Å². The Kier molecular flexibility index (Phi) is 3.73. The highest BCUT2D eigenvalue weighted by Gasteiger charge is 2.26. The number of carbonyl (C=O) groups excluding carboxylic acids is 1. The van der Waals surface area contributed by atoms with E-state index in [0.717, 1.165) is 37.2 Å². The number of aromatic nitrogens is 3. The highest BCUT2D eigenvalue weighted by Crippen LogP contribution is 2.28. The molecule has 0 saturated carbocycles. The van der Waals surface area contributed by atoms with Gasteiger partial charge in [-0.05, 0) is 25.3 Å². The molecule has 2 aromatic heterocycles. The van der Waals surface area contributed by atoms with Crippen LogP contribution in [0, 0.1) is 6.92 Å². The first-order chi connectivity index (χ1) is 9.75. The van der Waals surface area contributed by atoms with E-state index in [0.29, 0.717) is 11.6 Å². The number of carbonyl (C=O) groups is 1. The van der Waals surface area contributed by atoms with Gasteiger partial charge in [0, 0.05) is 36.3 Å². The lowest BCUT2D eigenvalue weighted by Crippen LogP contribution is -2.38. The van der Waals surface area contributed by atoms with Crippen LogP contribution in [-0.4, -0.2) is 38.8 Å². The first-order valence-corrected chi connectivity index (χ1v) is 7.64. The third kappa shape index (κ3) is 2.56. The SMILES string of the molecule is Cc1cncnc1C1CCN(C(=O)c2cscn2)CC1. The van der Waals surface area contributed by atoms with Crippen molar-refractivity contribution in [3.8, 4) is 0 Å². The van der Waals surface area contributed by atoms with E-state index in [-0.39, 0.29) is 5.91 Å². The van der Waals surface area contributed by atoms with Crippen molar-refractivity contribution >= 4 is 17.2 Å². The predicted octanol–water partition coefficient (Wildman–Crippen LogP) is 2.26. The summed E-state index contributed by atoms with van der Waals surface area (Å²) in [6, 6.07) is 0. The van der Waals surface area contributed by atoms with Gasteiger partial charge in [0.05, 0.1) is 5.51 Å². The molecule has 1 aliphatic rings. The van der Waals surface area contributed by atoms with Gasteiger partial charge in [0.1, 0.15) is 12.0 Å². The summed E-state index contributed by atoms with van der Waals surface area (Å²) in [5.74, 6) is 0.474. The first-order valence-electron chi connectivity index (χ1n) is 6.69. The summed E-state index contributed by atoms with van der Waals surface area (Å²) < 4.78 is 0. The van der Waals surface area contributed by atoms with Crippen LogP contribution in [0.2, 0.25) is 0 Å². The fourth-order valence-electron chi connectivity index (χ4n) is 2.67. The zero-order valence-electron chi connectivity index (χ0n) is 11.3. The number of likely N-dealkylation sites (tertiary alicyclic amines) is 1. The van der Waals surface area contributed by atoms with E-state index >= 15 is 0 Å². The van der Waals surface area contributed by atoms with E-state index < -0.39 is 0 Å². The first kappa shape index (κ1) is 13.2. The highest BCUT2D eigenvalue weighted by atomic mass is 32.1. The quantitative estimate of drug-likeness (QED) is 0.850. The van der Waals surface area contributed by atoms with Crippen LogP contribution < -0.4 is 0 Å². The summed E-state index contributed by atoms with van der Waals surface area (Å²) >= 11 is 1.46. The average Bonchev–Trinajstić information content (AvgIpc) is 3.01. The normalized spacial score (nSPS) is 16.4. The molecular formula is C14H16N4OS. The van der Waals surface area contributed by atoms with Gasteiger partial charge in [-0.2, -0.15) is 0 Å². The maximum Gasteiger partial charge on any atom is 0.273 e. The molecule has 0 radical (unpaired) electrons. The van der Waals surface area contributed by atoms with Crippen molar-refractivity contribution in [3.05, 3.63) is 40.4 Å². The Morgan fingerprint density at radius 3 is 2.80 bits per heavy atom. The average molecular weight is 288 g/mol. The molecule has 1 fully saturated rings. The second kappa shape index (κ2) is 5.66. The number of hydrogen-bond donors (Lipinski definition) is 0. The van der Waals surface area contributed by atoms with Gasteiger partial charge < -0.3 is 4.90 Å². The molecule has 1 saturated heterocycles. The molecule has 0 unspecified atom stereocenters. The Bertz CT molecular complexity index is 591. The standard InChI is InChI=1S/C14H16N4OS/c1-10-6-15-8-16-13(10)11-2-4-18(5-3-11)14(19)12-7-20-9-17-12/h6-9,11H,2-5H2,1H3. The summed E-state index contributed by atoms with van der Waals surface area (Å²) in [6.45, 7) is 3.58. The Hall–Kier alpha value is -1.82. The zero-order chi connectivity index (χ0) is 13.9. The van der Waals surface area contributed by atoms with Crippen molar-refractivity contribution in [2.75, 3.05) is 13.1 Å². The molecule has 0 aromatic carbocycles. The minimum absolute atomic E-state index is 0.0455. The van der Waals surface area contributed by atoms with Crippen molar-refractivity contribution in [2.24, 2.45) is 0 Å². The van der Waals surface area contributed by atoms with E-state index in [9.17, 15) is 4.79 Å². The number of piperidine rings is 1. The predicted molar refractivity (Wildman–Crippen MR) is 76.8 cm³/mol. The van der Waals surface area contributed by atoms with Crippen molar-refractivity contribution in [1.82, 2.24) is 19.9 Å². The molecule has 0 N–H and O–H groups in total. The lowest BCUT2D eigenvalue weighted by Gasteiger charge is -2.31. The molecule has 6 heteroatoms. The fourth-order valence-corrected chi connectivity index (χ4v) is 3.20. The van der Waals surface area contributed by atoms with E-state index in [2.05, 4.69) is 15.0 Å². The van der Waals surface area contributed by atoms with Crippen molar-refractivity contribution < 1.29 is 4.79 Å². The third-order valence-electron chi connectivity index (χ3n) is 3.76. The molecule has 0 spiro atoms. The van der Waals surface area contributed by atoms with Gasteiger partial charge in [-0.3, -0.25) is 4.79 Å². The summed E-state index contributed by atoms with van der Waals surface area (Å²) in [5, 5.41) is 1.81. The fraction of sp³-hybridized carbons (Fsp3) is 0.429. The van der Waals surface area contributed by atoms with Gasteiger partial charge in [0.2, 0.25) is 0 Å². The second-order valence-electron chi connectivity index (χ2n) is 5.03. The van der Waals surface area contributed by atoms with Gasteiger partial charge >= 0.3 is 0 Å². The monoisotopic (exact) mass is 288 g/mol. The minimum Gasteiger partial charge on any atom is -0.337 e. The number of thiazole rings is 1. The molecule has 0 bridgehead atoms. The molecule has 20 heavy (non-hydrogen) atoms. The van der Waals surface area contributed by atoms with E-state index in [1.165, 1.54) is 11.3 Å². The van der Waals surface area contributed by atoms with E-state index in [1.807, 2.05) is 23.4 Å². The van der Waals surface area contributed by atoms with Gasteiger partial charge in [0.15, 0.2) is 0 Å². The molecule has 0 atom stereocenters. The lowest BCUT2D eigenvalue weighted by atomic mass is 9.91.